The average molecular weight is 245 g/mol. The van der Waals surface area contributed by atoms with Crippen molar-refractivity contribution in [3.8, 4) is 0 Å². The zero-order valence-corrected chi connectivity index (χ0v) is 12.1. The van der Waals surface area contributed by atoms with E-state index < -0.39 is 5.54 Å². The lowest BCUT2D eigenvalue weighted by atomic mass is 9.87. The highest BCUT2D eigenvalue weighted by molar-refractivity contribution is 5.80. The summed E-state index contributed by atoms with van der Waals surface area (Å²) < 4.78 is 10.5. The van der Waals surface area contributed by atoms with Crippen LogP contribution in [0.1, 0.15) is 47.5 Å². The number of esters is 1. The molecule has 0 saturated heterocycles. The molecule has 4 nitrogen and oxygen atoms in total. The molecule has 0 amide bonds. The molecule has 0 radical (unpaired) electrons. The van der Waals surface area contributed by atoms with E-state index in [0.717, 1.165) is 13.0 Å². The van der Waals surface area contributed by atoms with Gasteiger partial charge in [-0.2, -0.15) is 0 Å². The zero-order valence-electron chi connectivity index (χ0n) is 12.1. The average Bonchev–Trinajstić information content (AvgIpc) is 2.26. The fourth-order valence-electron chi connectivity index (χ4n) is 1.82. The maximum absolute atomic E-state index is 12.0. The lowest BCUT2D eigenvalue weighted by molar-refractivity contribution is -0.153. The van der Waals surface area contributed by atoms with Crippen LogP contribution in [0, 0.1) is 0 Å². The molecule has 0 rings (SSSR count). The first-order valence-corrected chi connectivity index (χ1v) is 6.28. The monoisotopic (exact) mass is 245 g/mol. The molecular weight excluding hydrogens is 218 g/mol. The first kappa shape index (κ1) is 16.4. The smallest absolute Gasteiger partial charge is 0.326 e. The number of ether oxygens (including phenoxy) is 2. The van der Waals surface area contributed by atoms with E-state index in [0.29, 0.717) is 13.0 Å². The summed E-state index contributed by atoms with van der Waals surface area (Å²) in [6.45, 7) is 10.9. The molecule has 0 spiro atoms. The highest BCUT2D eigenvalue weighted by atomic mass is 16.5. The van der Waals surface area contributed by atoms with Crippen molar-refractivity contribution in [2.75, 3.05) is 20.3 Å². The van der Waals surface area contributed by atoms with Gasteiger partial charge in [-0.25, -0.2) is 0 Å². The SMILES string of the molecule is CCCNC(C)(CC(C)(C)OC)C(=O)OCC. The Hall–Kier alpha value is -0.610. The van der Waals surface area contributed by atoms with Gasteiger partial charge in [0.05, 0.1) is 12.2 Å². The topological polar surface area (TPSA) is 47.6 Å². The van der Waals surface area contributed by atoms with E-state index >= 15 is 0 Å². The maximum atomic E-state index is 12.0. The Morgan fingerprint density at radius 1 is 1.24 bits per heavy atom. The summed E-state index contributed by atoms with van der Waals surface area (Å²) in [5.41, 5.74) is -1.05. The van der Waals surface area contributed by atoms with Crippen LogP contribution in [0.15, 0.2) is 0 Å². The number of carbonyl (C=O) groups excluding carboxylic acids is 1. The molecule has 0 aliphatic rings. The molecule has 17 heavy (non-hydrogen) atoms. The molecule has 4 heteroatoms. The van der Waals surface area contributed by atoms with Crippen LogP contribution >= 0.6 is 0 Å². The summed E-state index contributed by atoms with van der Waals surface area (Å²) in [6.07, 6.45) is 1.55. The van der Waals surface area contributed by atoms with Crippen molar-refractivity contribution >= 4 is 5.97 Å². The van der Waals surface area contributed by atoms with Crippen molar-refractivity contribution in [3.05, 3.63) is 0 Å². The predicted octanol–water partition coefficient (Wildman–Crippen LogP) is 2.12. The van der Waals surface area contributed by atoms with Gasteiger partial charge in [0.2, 0.25) is 0 Å². The summed E-state index contributed by atoms with van der Waals surface area (Å²) in [6, 6.07) is 0. The van der Waals surface area contributed by atoms with Crippen molar-refractivity contribution in [1.82, 2.24) is 5.32 Å². The summed E-state index contributed by atoms with van der Waals surface area (Å²) in [5, 5.41) is 3.27. The van der Waals surface area contributed by atoms with Crippen LogP contribution in [0.3, 0.4) is 0 Å². The maximum Gasteiger partial charge on any atom is 0.326 e. The van der Waals surface area contributed by atoms with Crippen LogP contribution in [0.25, 0.3) is 0 Å². The van der Waals surface area contributed by atoms with E-state index in [1.54, 1.807) is 7.11 Å². The number of rotatable bonds is 8. The number of nitrogens with one attached hydrogen (secondary N) is 1. The molecule has 0 bridgehead atoms. The van der Waals surface area contributed by atoms with Crippen LogP contribution in [0.5, 0.6) is 0 Å². The Morgan fingerprint density at radius 3 is 2.24 bits per heavy atom. The van der Waals surface area contributed by atoms with E-state index in [2.05, 4.69) is 12.2 Å². The molecule has 0 heterocycles. The summed E-state index contributed by atoms with van der Waals surface area (Å²) in [4.78, 5) is 12.0. The summed E-state index contributed by atoms with van der Waals surface area (Å²) in [7, 11) is 1.66. The summed E-state index contributed by atoms with van der Waals surface area (Å²) >= 11 is 0. The van der Waals surface area contributed by atoms with E-state index in [1.807, 2.05) is 27.7 Å². The fourth-order valence-corrected chi connectivity index (χ4v) is 1.82. The molecule has 1 N–H and O–H groups in total. The highest BCUT2D eigenvalue weighted by Crippen LogP contribution is 2.24. The number of methoxy groups -OCH3 is 1. The van der Waals surface area contributed by atoms with E-state index in [-0.39, 0.29) is 11.6 Å². The first-order valence-electron chi connectivity index (χ1n) is 6.28. The van der Waals surface area contributed by atoms with Crippen molar-refractivity contribution in [2.45, 2.75) is 58.6 Å². The molecule has 0 aliphatic heterocycles. The number of hydrogen-bond acceptors (Lipinski definition) is 4. The second-order valence-electron chi connectivity index (χ2n) is 5.12. The first-order chi connectivity index (χ1) is 7.81. The molecule has 0 aromatic rings. The van der Waals surface area contributed by atoms with Crippen LogP contribution in [-0.2, 0) is 14.3 Å². The van der Waals surface area contributed by atoms with Gasteiger partial charge in [-0.3, -0.25) is 4.79 Å². The minimum atomic E-state index is -0.689. The largest absolute Gasteiger partial charge is 0.465 e. The van der Waals surface area contributed by atoms with Crippen molar-refractivity contribution in [3.63, 3.8) is 0 Å². The molecule has 0 fully saturated rings. The Balaban J connectivity index is 4.77. The quantitative estimate of drug-likeness (QED) is 0.665. The van der Waals surface area contributed by atoms with E-state index in [9.17, 15) is 4.79 Å². The lowest BCUT2D eigenvalue weighted by Crippen LogP contribution is -2.54. The van der Waals surface area contributed by atoms with Gasteiger partial charge in [0.25, 0.3) is 0 Å². The molecule has 102 valence electrons. The second-order valence-corrected chi connectivity index (χ2v) is 5.12. The van der Waals surface area contributed by atoms with Crippen molar-refractivity contribution < 1.29 is 14.3 Å². The number of hydrogen-bond donors (Lipinski definition) is 1. The van der Waals surface area contributed by atoms with Gasteiger partial charge < -0.3 is 14.8 Å². The third kappa shape index (κ3) is 5.50. The molecule has 0 aliphatic carbocycles. The predicted molar refractivity (Wildman–Crippen MR) is 69.0 cm³/mol. The molecule has 0 saturated carbocycles. The zero-order chi connectivity index (χ0) is 13.5. The van der Waals surface area contributed by atoms with Gasteiger partial charge in [0.1, 0.15) is 5.54 Å². The Morgan fingerprint density at radius 2 is 1.82 bits per heavy atom. The highest BCUT2D eigenvalue weighted by Gasteiger charge is 2.39. The van der Waals surface area contributed by atoms with Crippen molar-refractivity contribution in [1.29, 1.82) is 0 Å². The summed E-state index contributed by atoms with van der Waals surface area (Å²) in [5.74, 6) is -0.210. The number of carbonyl (C=O) groups is 1. The van der Waals surface area contributed by atoms with Gasteiger partial charge in [-0.15, -0.1) is 0 Å². The lowest BCUT2D eigenvalue weighted by Gasteiger charge is -2.35. The third-order valence-corrected chi connectivity index (χ3v) is 2.82. The Labute approximate surface area is 105 Å². The molecular formula is C13H27NO3. The van der Waals surface area contributed by atoms with Crippen LogP contribution in [-0.4, -0.2) is 37.4 Å². The van der Waals surface area contributed by atoms with E-state index in [1.165, 1.54) is 0 Å². The normalized spacial score (nSPS) is 15.4. The molecule has 0 aromatic heterocycles. The molecule has 1 unspecified atom stereocenters. The minimum Gasteiger partial charge on any atom is -0.465 e. The van der Waals surface area contributed by atoms with E-state index in [4.69, 9.17) is 9.47 Å². The van der Waals surface area contributed by atoms with Gasteiger partial charge in [-0.05, 0) is 40.7 Å². The van der Waals surface area contributed by atoms with Crippen LogP contribution < -0.4 is 5.32 Å². The van der Waals surface area contributed by atoms with Gasteiger partial charge >= 0.3 is 5.97 Å². The van der Waals surface area contributed by atoms with Crippen LogP contribution in [0.4, 0.5) is 0 Å². The third-order valence-electron chi connectivity index (χ3n) is 2.82. The minimum absolute atomic E-state index is 0.210. The standard InChI is InChI=1S/C13H27NO3/c1-7-9-14-13(5,11(15)17-8-2)10-12(3,4)16-6/h14H,7-10H2,1-6H3. The molecule has 1 atom stereocenters. The van der Waals surface area contributed by atoms with Gasteiger partial charge in [-0.1, -0.05) is 6.92 Å². The van der Waals surface area contributed by atoms with Gasteiger partial charge in [0, 0.05) is 13.5 Å². The second kappa shape index (κ2) is 6.97. The Kier molecular flexibility index (Phi) is 6.72. The van der Waals surface area contributed by atoms with Crippen molar-refractivity contribution in [2.24, 2.45) is 0 Å². The van der Waals surface area contributed by atoms with Gasteiger partial charge in [0.15, 0.2) is 0 Å². The molecule has 0 aromatic carbocycles. The Bertz CT molecular complexity index is 241. The van der Waals surface area contributed by atoms with Crippen LogP contribution in [0.2, 0.25) is 0 Å². The fraction of sp³-hybridized carbons (Fsp3) is 0.923.